The maximum Gasteiger partial charge on any atom is 0.159 e. The van der Waals surface area contributed by atoms with Crippen LogP contribution in [0.5, 0.6) is 0 Å². The zero-order valence-corrected chi connectivity index (χ0v) is 15.8. The molecule has 0 N–H and O–H groups in total. The first-order chi connectivity index (χ1) is 11.6. The molecule has 0 saturated heterocycles. The van der Waals surface area contributed by atoms with E-state index in [4.69, 9.17) is 11.6 Å². The third kappa shape index (κ3) is 3.77. The van der Waals surface area contributed by atoms with Crippen LogP contribution >= 0.6 is 11.6 Å². The summed E-state index contributed by atoms with van der Waals surface area (Å²) >= 11 is 6.37. The van der Waals surface area contributed by atoms with Crippen LogP contribution in [0.4, 0.5) is 0 Å². The molecule has 0 heterocycles. The normalized spacial score (nSPS) is 21.0. The Morgan fingerprint density at radius 1 is 1.21 bits per heavy atom. The minimum atomic E-state index is 0.402. The predicted octanol–water partition coefficient (Wildman–Crippen LogP) is 6.32. The summed E-state index contributed by atoms with van der Waals surface area (Å²) in [6.45, 7) is 4.59. The Morgan fingerprint density at radius 3 is 2.83 bits per heavy atom. The molecule has 1 nitrogen and oxygen atoms in total. The van der Waals surface area contributed by atoms with Crippen LogP contribution < -0.4 is 0 Å². The van der Waals surface area contributed by atoms with Gasteiger partial charge in [0, 0.05) is 11.4 Å². The molecule has 3 rings (SSSR count). The smallest absolute Gasteiger partial charge is 0.159 e. The van der Waals surface area contributed by atoms with Gasteiger partial charge in [0.2, 0.25) is 0 Å². The van der Waals surface area contributed by atoms with Gasteiger partial charge in [-0.1, -0.05) is 68.8 Å². The lowest BCUT2D eigenvalue weighted by Crippen LogP contribution is -2.15. The molecule has 0 bridgehead atoms. The average molecular weight is 345 g/mol. The fourth-order valence-electron chi connectivity index (χ4n) is 4.37. The summed E-state index contributed by atoms with van der Waals surface area (Å²) in [6.07, 6.45) is 9.97. The zero-order valence-electron chi connectivity index (χ0n) is 15.0. The van der Waals surface area contributed by atoms with E-state index in [0.29, 0.717) is 18.1 Å². The lowest BCUT2D eigenvalue weighted by atomic mass is 9.80. The van der Waals surface area contributed by atoms with Crippen molar-refractivity contribution in [3.63, 3.8) is 0 Å². The van der Waals surface area contributed by atoms with Crippen molar-refractivity contribution in [3.05, 3.63) is 45.5 Å². The van der Waals surface area contributed by atoms with Gasteiger partial charge in [-0.2, -0.15) is 0 Å². The van der Waals surface area contributed by atoms with Gasteiger partial charge < -0.3 is 0 Å². The number of carbonyl (C=O) groups is 1. The van der Waals surface area contributed by atoms with E-state index in [1.807, 2.05) is 12.1 Å². The lowest BCUT2D eigenvalue weighted by Gasteiger charge is -2.25. The molecule has 1 aromatic carbocycles. The molecule has 0 aromatic heterocycles. The van der Waals surface area contributed by atoms with E-state index in [9.17, 15) is 4.79 Å². The maximum atomic E-state index is 12.6. The summed E-state index contributed by atoms with van der Waals surface area (Å²) < 4.78 is 0. The van der Waals surface area contributed by atoms with Crippen LogP contribution in [0.2, 0.25) is 5.02 Å². The fraction of sp³-hybridized carbons (Fsp3) is 0.591. The van der Waals surface area contributed by atoms with Crippen molar-refractivity contribution in [2.45, 2.75) is 71.6 Å². The molecule has 0 aliphatic heterocycles. The Kier molecular flexibility index (Phi) is 5.81. The first-order valence-electron chi connectivity index (χ1n) is 9.61. The molecule has 0 spiro atoms. The lowest BCUT2D eigenvalue weighted by molar-refractivity contribution is -0.115. The SMILES string of the molecule is CCCCCC(C)CCC1=C2Cc3cccc(Cl)c3CC2CC1=O. The first kappa shape index (κ1) is 17.7. The third-order valence-electron chi connectivity index (χ3n) is 5.88. The minimum Gasteiger partial charge on any atom is -0.295 e. The van der Waals surface area contributed by atoms with Crippen LogP contribution in [0, 0.1) is 11.8 Å². The number of halogens is 1. The molecule has 130 valence electrons. The highest BCUT2D eigenvalue weighted by molar-refractivity contribution is 6.31. The zero-order chi connectivity index (χ0) is 17.1. The minimum absolute atomic E-state index is 0.402. The van der Waals surface area contributed by atoms with Crippen LogP contribution in [0.25, 0.3) is 0 Å². The summed E-state index contributed by atoms with van der Waals surface area (Å²) in [5, 5.41) is 0.872. The number of allylic oxidation sites excluding steroid dienone is 2. The number of benzene rings is 1. The van der Waals surface area contributed by atoms with Gasteiger partial charge in [-0.05, 0) is 60.3 Å². The number of hydrogen-bond donors (Lipinski definition) is 0. The van der Waals surface area contributed by atoms with E-state index in [1.54, 1.807) is 0 Å². The highest BCUT2D eigenvalue weighted by atomic mass is 35.5. The molecule has 2 aliphatic rings. The van der Waals surface area contributed by atoms with Gasteiger partial charge in [0.05, 0.1) is 0 Å². The Hall–Kier alpha value is -1.08. The molecular weight excluding hydrogens is 316 g/mol. The first-order valence-corrected chi connectivity index (χ1v) is 9.99. The van der Waals surface area contributed by atoms with Crippen LogP contribution in [-0.4, -0.2) is 5.78 Å². The average Bonchev–Trinajstić information content (AvgIpc) is 2.86. The number of hydrogen-bond acceptors (Lipinski definition) is 1. The summed E-state index contributed by atoms with van der Waals surface area (Å²) in [4.78, 5) is 12.6. The molecule has 1 aromatic rings. The van der Waals surface area contributed by atoms with E-state index in [2.05, 4.69) is 19.9 Å². The van der Waals surface area contributed by atoms with E-state index < -0.39 is 0 Å². The molecule has 2 heteroatoms. The molecule has 0 amide bonds. The van der Waals surface area contributed by atoms with Crippen LogP contribution in [0.1, 0.15) is 69.9 Å². The van der Waals surface area contributed by atoms with E-state index in [-0.39, 0.29) is 0 Å². The maximum absolute atomic E-state index is 12.6. The van der Waals surface area contributed by atoms with E-state index >= 15 is 0 Å². The topological polar surface area (TPSA) is 17.1 Å². The number of carbonyl (C=O) groups excluding carboxylic acids is 1. The second kappa shape index (κ2) is 7.87. The van der Waals surface area contributed by atoms with Crippen molar-refractivity contribution < 1.29 is 4.79 Å². The number of Topliss-reactive ketones (excluding diaryl/α,β-unsaturated/α-hetero) is 1. The molecule has 2 unspecified atom stereocenters. The number of unbranched alkanes of at least 4 members (excludes halogenated alkanes) is 2. The largest absolute Gasteiger partial charge is 0.295 e. The highest BCUT2D eigenvalue weighted by Gasteiger charge is 2.35. The van der Waals surface area contributed by atoms with Crippen molar-refractivity contribution >= 4 is 17.4 Å². The summed E-state index contributed by atoms with van der Waals surface area (Å²) in [5.41, 5.74) is 5.19. The third-order valence-corrected chi connectivity index (χ3v) is 6.24. The van der Waals surface area contributed by atoms with Crippen LogP contribution in [-0.2, 0) is 17.6 Å². The molecule has 2 aliphatic carbocycles. The Morgan fingerprint density at radius 2 is 2.04 bits per heavy atom. The fourth-order valence-corrected chi connectivity index (χ4v) is 4.64. The Balaban J connectivity index is 1.69. The van der Waals surface area contributed by atoms with Gasteiger partial charge in [0.25, 0.3) is 0 Å². The number of rotatable bonds is 7. The van der Waals surface area contributed by atoms with Gasteiger partial charge >= 0.3 is 0 Å². The number of fused-ring (bicyclic) bond motifs is 2. The molecule has 0 saturated carbocycles. The van der Waals surface area contributed by atoms with Crippen LogP contribution in [0.15, 0.2) is 29.3 Å². The number of ketones is 1. The van der Waals surface area contributed by atoms with Gasteiger partial charge in [0.1, 0.15) is 0 Å². The predicted molar refractivity (Wildman–Crippen MR) is 102 cm³/mol. The Bertz CT molecular complexity index is 643. The standard InChI is InChI=1S/C22H29ClO/c1-3-4-5-7-15(2)10-11-18-19-12-16-8-6-9-21(23)20(16)13-17(19)14-22(18)24/h6,8-9,15,17H,3-5,7,10-14H2,1-2H3. The molecular formula is C22H29ClO. The van der Waals surface area contributed by atoms with E-state index in [0.717, 1.165) is 42.2 Å². The quantitative estimate of drug-likeness (QED) is 0.529. The molecule has 24 heavy (non-hydrogen) atoms. The molecule has 2 atom stereocenters. The van der Waals surface area contributed by atoms with Gasteiger partial charge in [-0.15, -0.1) is 0 Å². The van der Waals surface area contributed by atoms with Gasteiger partial charge in [-0.3, -0.25) is 4.79 Å². The molecule has 0 radical (unpaired) electrons. The Labute approximate surface area is 151 Å². The van der Waals surface area contributed by atoms with Crippen molar-refractivity contribution in [1.82, 2.24) is 0 Å². The summed E-state index contributed by atoms with van der Waals surface area (Å²) in [6, 6.07) is 6.19. The van der Waals surface area contributed by atoms with Crippen molar-refractivity contribution in [2.75, 3.05) is 0 Å². The summed E-state index contributed by atoms with van der Waals surface area (Å²) in [7, 11) is 0. The second-order valence-electron chi connectivity index (χ2n) is 7.73. The monoisotopic (exact) mass is 344 g/mol. The van der Waals surface area contributed by atoms with Crippen molar-refractivity contribution in [3.8, 4) is 0 Å². The van der Waals surface area contributed by atoms with E-state index in [1.165, 1.54) is 42.4 Å². The van der Waals surface area contributed by atoms with Gasteiger partial charge in [-0.25, -0.2) is 0 Å². The van der Waals surface area contributed by atoms with Crippen molar-refractivity contribution in [2.24, 2.45) is 11.8 Å². The van der Waals surface area contributed by atoms with Crippen LogP contribution in [0.3, 0.4) is 0 Å². The second-order valence-corrected chi connectivity index (χ2v) is 8.13. The van der Waals surface area contributed by atoms with Gasteiger partial charge in [0.15, 0.2) is 5.78 Å². The molecule has 0 fully saturated rings. The summed E-state index contributed by atoms with van der Waals surface area (Å²) in [5.74, 6) is 1.54. The highest BCUT2D eigenvalue weighted by Crippen LogP contribution is 2.42. The van der Waals surface area contributed by atoms with Crippen molar-refractivity contribution in [1.29, 1.82) is 0 Å².